The number of hydrazine groups is 3. The first-order chi connectivity index (χ1) is 12.5. The number of amides is 2. The number of carbonyl (C=O) groups excluding carboxylic acids is 1. The van der Waals surface area contributed by atoms with Crippen molar-refractivity contribution in [2.75, 3.05) is 11.1 Å². The van der Waals surface area contributed by atoms with Gasteiger partial charge in [0.2, 0.25) is 0 Å². The quantitative estimate of drug-likeness (QED) is 0.142. The zero-order chi connectivity index (χ0) is 20.9. The summed E-state index contributed by atoms with van der Waals surface area (Å²) in [6.45, 7) is 0. The van der Waals surface area contributed by atoms with Crippen LogP contribution in [-0.4, -0.2) is 45.7 Å². The molecule has 2 amide bonds. The molecule has 2 heterocycles. The Bertz CT molecular complexity index is 858. The minimum absolute atomic E-state index is 0.108. The fourth-order valence-corrected chi connectivity index (χ4v) is 1.53. The molecule has 0 bridgehead atoms. The summed E-state index contributed by atoms with van der Waals surface area (Å²) < 4.78 is 0. The molecule has 7 N–H and O–H groups in total. The van der Waals surface area contributed by atoms with Gasteiger partial charge in [-0.3, -0.25) is 5.43 Å². The van der Waals surface area contributed by atoms with E-state index in [1.165, 1.54) is 11.1 Å². The van der Waals surface area contributed by atoms with E-state index in [9.17, 15) is 45.3 Å². The van der Waals surface area contributed by atoms with Crippen LogP contribution in [0.2, 0.25) is 0 Å². The van der Waals surface area contributed by atoms with Crippen LogP contribution < -0.4 is 28.1 Å². The highest BCUT2D eigenvalue weighted by molar-refractivity contribution is 5.90. The Morgan fingerprint density at radius 2 is 1.15 bits per heavy atom. The molecular weight excluding hydrogens is 386 g/mol. The number of nitrogens with zero attached hydrogens (tertiary/aromatic N) is 8. The predicted octanol–water partition coefficient (Wildman–Crippen LogP) is -2.95. The number of rotatable bonds is 6. The average molecular weight is 393 g/mol. The van der Waals surface area contributed by atoms with Gasteiger partial charge in [0.25, 0.3) is 0 Å². The Kier molecular flexibility index (Phi) is 5.81. The monoisotopic (exact) mass is 393 g/mol. The minimum Gasteiger partial charge on any atom is -0.358 e. The van der Waals surface area contributed by atoms with Crippen molar-refractivity contribution < 1.29 is 24.7 Å². The van der Waals surface area contributed by atoms with Gasteiger partial charge in [-0.15, -0.1) is 0 Å². The highest BCUT2D eigenvalue weighted by Crippen LogP contribution is 2.30. The SMILES string of the molecule is NNC(N)=O.O=[N+]([O-])Nn1nc([N+](=O)[O-])c2c1c([N+](=O)[O-])nn2N[N+](=O)[O-]. The van der Waals surface area contributed by atoms with Gasteiger partial charge in [-0.1, -0.05) is 0 Å². The second-order valence-electron chi connectivity index (χ2n) is 3.91. The molecule has 22 heteroatoms. The fraction of sp³-hybridized carbons (Fsp3) is 0. The smallest absolute Gasteiger partial charge is 0.358 e. The largest absolute Gasteiger partial charge is 0.473 e. The summed E-state index contributed by atoms with van der Waals surface area (Å²) in [5.74, 6) is 2.20. The molecule has 0 spiro atoms. The van der Waals surface area contributed by atoms with E-state index in [0.717, 1.165) is 0 Å². The second kappa shape index (κ2) is 7.79. The van der Waals surface area contributed by atoms with E-state index in [1.807, 2.05) is 0 Å². The second-order valence-corrected chi connectivity index (χ2v) is 3.91. The topological polar surface area (TPSA) is 313 Å². The first kappa shape index (κ1) is 20.2. The normalized spacial score (nSPS) is 9.67. The van der Waals surface area contributed by atoms with Crippen LogP contribution in [0.5, 0.6) is 0 Å². The van der Waals surface area contributed by atoms with Gasteiger partial charge in [-0.2, -0.15) is 0 Å². The lowest BCUT2D eigenvalue weighted by atomic mass is 10.4. The minimum atomic E-state index is -1.20. The third kappa shape index (κ3) is 4.56. The Hall–Kier alpha value is -4.89. The Labute approximate surface area is 143 Å². The van der Waals surface area contributed by atoms with Crippen molar-refractivity contribution in [2.45, 2.75) is 0 Å². The Balaban J connectivity index is 0.000000646. The molecule has 2 aromatic rings. The lowest BCUT2D eigenvalue weighted by Gasteiger charge is -1.91. The Morgan fingerprint density at radius 3 is 1.33 bits per heavy atom. The summed E-state index contributed by atoms with van der Waals surface area (Å²) in [5, 5.41) is 46.4. The highest BCUT2D eigenvalue weighted by Gasteiger charge is 2.46. The number of fused-ring (bicyclic) bond motifs is 1. The molecular formula is C5H7N13O9. The van der Waals surface area contributed by atoms with Crippen LogP contribution in [0.3, 0.4) is 0 Å². The van der Waals surface area contributed by atoms with Crippen LogP contribution >= 0.6 is 0 Å². The van der Waals surface area contributed by atoms with Gasteiger partial charge >= 0.3 is 28.7 Å². The van der Waals surface area contributed by atoms with Crippen molar-refractivity contribution >= 4 is 28.7 Å². The van der Waals surface area contributed by atoms with E-state index in [-0.39, 0.29) is 9.58 Å². The van der Waals surface area contributed by atoms with Crippen LogP contribution in [0.1, 0.15) is 0 Å². The van der Waals surface area contributed by atoms with Gasteiger partial charge in [-0.25, -0.2) is 10.6 Å². The third-order valence-electron chi connectivity index (χ3n) is 2.30. The lowest BCUT2D eigenvalue weighted by Crippen LogP contribution is -2.34. The number of hydrogen-bond acceptors (Lipinski definition) is 12. The van der Waals surface area contributed by atoms with E-state index in [2.05, 4.69) is 21.8 Å². The van der Waals surface area contributed by atoms with Crippen molar-refractivity contribution in [3.8, 4) is 0 Å². The van der Waals surface area contributed by atoms with Crippen molar-refractivity contribution in [3.05, 3.63) is 40.5 Å². The molecule has 0 unspecified atom stereocenters. The molecule has 0 saturated heterocycles. The molecule has 146 valence electrons. The van der Waals surface area contributed by atoms with Gasteiger partial charge in [0.15, 0.2) is 10.2 Å². The molecule has 0 aliphatic carbocycles. The number of carbonyl (C=O) groups is 1. The molecule has 0 aromatic carbocycles. The maximum atomic E-state index is 10.9. The summed E-state index contributed by atoms with van der Waals surface area (Å²) in [5.41, 5.74) is 7.18. The maximum Gasteiger partial charge on any atom is 0.473 e. The van der Waals surface area contributed by atoms with E-state index >= 15 is 0 Å². The number of nitrogens with two attached hydrogens (primary N) is 2. The molecule has 27 heavy (non-hydrogen) atoms. The van der Waals surface area contributed by atoms with Gasteiger partial charge in [0.1, 0.15) is 0 Å². The molecule has 0 radical (unpaired) electrons. The predicted molar refractivity (Wildman–Crippen MR) is 78.4 cm³/mol. The summed E-state index contributed by atoms with van der Waals surface area (Å²) >= 11 is 0. The van der Waals surface area contributed by atoms with Crippen LogP contribution in [0, 0.1) is 40.5 Å². The van der Waals surface area contributed by atoms with Crippen LogP contribution in [-0.2, 0) is 0 Å². The fourth-order valence-electron chi connectivity index (χ4n) is 1.53. The molecule has 0 fully saturated rings. The number of aromatic nitrogens is 4. The standard InChI is InChI=1S/C4H2N10O8.CH5N3O/c15-11(16)3-1-2(10(5-3)8-14(21)22)4(12(17)18)6-9(1)7-13(19)20;2-1(5)4-3/h7-8H;3H2,(H3,2,4,5). The maximum absolute atomic E-state index is 10.9. The van der Waals surface area contributed by atoms with Crippen molar-refractivity contribution in [3.63, 3.8) is 0 Å². The summed E-state index contributed by atoms with van der Waals surface area (Å²) in [7, 11) is 0. The van der Waals surface area contributed by atoms with Crippen LogP contribution in [0.4, 0.5) is 16.4 Å². The molecule has 0 atom stereocenters. The van der Waals surface area contributed by atoms with E-state index in [4.69, 9.17) is 0 Å². The average Bonchev–Trinajstić information content (AvgIpc) is 3.06. The first-order valence-electron chi connectivity index (χ1n) is 5.88. The highest BCUT2D eigenvalue weighted by atomic mass is 16.7. The molecule has 0 saturated carbocycles. The van der Waals surface area contributed by atoms with Crippen LogP contribution in [0.25, 0.3) is 11.0 Å². The van der Waals surface area contributed by atoms with Crippen molar-refractivity contribution in [1.82, 2.24) is 25.2 Å². The number of nitro groups is 4. The number of urea groups is 1. The number of hydrogen-bond donors (Lipinski definition) is 5. The van der Waals surface area contributed by atoms with Gasteiger partial charge in [-0.05, 0) is 20.9 Å². The van der Waals surface area contributed by atoms with Crippen molar-refractivity contribution in [2.24, 2.45) is 11.6 Å². The third-order valence-corrected chi connectivity index (χ3v) is 2.30. The Morgan fingerprint density at radius 1 is 0.852 bits per heavy atom. The van der Waals surface area contributed by atoms with Gasteiger partial charge in [0.05, 0.1) is 19.6 Å². The molecule has 22 nitrogen and oxygen atoms in total. The van der Waals surface area contributed by atoms with E-state index in [1.54, 1.807) is 5.43 Å². The zero-order valence-electron chi connectivity index (χ0n) is 12.4. The van der Waals surface area contributed by atoms with E-state index < -0.39 is 48.6 Å². The summed E-state index contributed by atoms with van der Waals surface area (Å²) in [6.07, 6.45) is 0. The molecule has 0 aliphatic rings. The zero-order valence-corrected chi connectivity index (χ0v) is 12.4. The van der Waals surface area contributed by atoms with Crippen LogP contribution in [0.15, 0.2) is 0 Å². The van der Waals surface area contributed by atoms with E-state index in [0.29, 0.717) is 0 Å². The number of nitrogens with one attached hydrogen (secondary N) is 3. The molecule has 2 rings (SSSR count). The molecule has 2 aromatic heterocycles. The summed E-state index contributed by atoms with van der Waals surface area (Å²) in [4.78, 5) is 49.8. The lowest BCUT2D eigenvalue weighted by molar-refractivity contribution is -0.463. The van der Waals surface area contributed by atoms with Gasteiger partial charge in [0, 0.05) is 0 Å². The molecule has 0 aliphatic heterocycles. The summed E-state index contributed by atoms with van der Waals surface area (Å²) in [6, 6.07) is -0.718. The number of primary amides is 1. The first-order valence-corrected chi connectivity index (χ1v) is 5.88. The van der Waals surface area contributed by atoms with Gasteiger partial charge < -0.3 is 46.2 Å². The van der Waals surface area contributed by atoms with Crippen molar-refractivity contribution in [1.29, 1.82) is 0 Å².